The fourth-order valence-corrected chi connectivity index (χ4v) is 2.63. The number of benzene rings is 1. The summed E-state index contributed by atoms with van der Waals surface area (Å²) in [5.74, 6) is -0.758. The van der Waals surface area contributed by atoms with E-state index in [4.69, 9.17) is 5.73 Å². The lowest BCUT2D eigenvalue weighted by atomic mass is 9.94. The second kappa shape index (κ2) is 6.02. The van der Waals surface area contributed by atoms with Crippen LogP contribution in [0.5, 0.6) is 5.75 Å². The van der Waals surface area contributed by atoms with Gasteiger partial charge in [-0.2, -0.15) is 10.5 Å². The number of nitrogens with two attached hydrogens (primary N) is 1. The summed E-state index contributed by atoms with van der Waals surface area (Å²) in [4.78, 5) is 24.6. The van der Waals surface area contributed by atoms with E-state index in [0.717, 1.165) is 6.07 Å². The molecule has 120 valence electrons. The quantitative estimate of drug-likeness (QED) is 0.520. The number of nitrogens with one attached hydrogen (secondary N) is 1. The Balaban J connectivity index is 3.09. The van der Waals surface area contributed by atoms with Gasteiger partial charge in [-0.3, -0.25) is 14.9 Å². The summed E-state index contributed by atoms with van der Waals surface area (Å²) in [7, 11) is 0. The Morgan fingerprint density at radius 1 is 1.38 bits per heavy atom. The maximum Gasteiger partial charge on any atom is 0.274 e. The topological polar surface area (TPSA) is 170 Å². The number of phenolic OH excluding ortho intramolecular Hbond substituents is 1. The molecule has 0 atom stereocenters. The Hall–Kier alpha value is -3.37. The van der Waals surface area contributed by atoms with E-state index in [0.29, 0.717) is 0 Å². The van der Waals surface area contributed by atoms with Crippen LogP contribution in [0, 0.1) is 39.7 Å². The van der Waals surface area contributed by atoms with Crippen LogP contribution in [0.25, 0.3) is 11.1 Å². The number of hydrogen-bond acceptors (Lipinski definition) is 7. The summed E-state index contributed by atoms with van der Waals surface area (Å²) in [5, 5.41) is 40.0. The first-order valence-electron chi connectivity index (χ1n) is 6.27. The molecule has 24 heavy (non-hydrogen) atoms. The molecule has 1 aromatic carbocycles. The van der Waals surface area contributed by atoms with Gasteiger partial charge in [0.1, 0.15) is 34.8 Å². The molecule has 0 saturated heterocycles. The first-order chi connectivity index (χ1) is 11.2. The Kier molecular flexibility index (Phi) is 4.26. The van der Waals surface area contributed by atoms with Crippen LogP contribution in [-0.4, -0.2) is 15.0 Å². The molecule has 0 aliphatic rings. The number of phenols is 1. The van der Waals surface area contributed by atoms with Crippen molar-refractivity contribution in [1.82, 2.24) is 4.98 Å². The molecule has 10 heteroatoms. The van der Waals surface area contributed by atoms with E-state index in [9.17, 15) is 30.5 Å². The number of rotatable bonds is 2. The molecule has 0 fully saturated rings. The maximum atomic E-state index is 11.9. The highest BCUT2D eigenvalue weighted by atomic mass is 79.9. The molecule has 0 saturated carbocycles. The van der Waals surface area contributed by atoms with E-state index in [1.54, 1.807) is 12.1 Å². The van der Waals surface area contributed by atoms with Gasteiger partial charge in [0.05, 0.1) is 9.40 Å². The van der Waals surface area contributed by atoms with Gasteiger partial charge < -0.3 is 15.8 Å². The number of nitro benzene ring substituents is 1. The van der Waals surface area contributed by atoms with Crippen LogP contribution < -0.4 is 11.3 Å². The van der Waals surface area contributed by atoms with Gasteiger partial charge in [0.15, 0.2) is 0 Å². The predicted octanol–water partition coefficient (Wildman–Crippen LogP) is 2.05. The van der Waals surface area contributed by atoms with Gasteiger partial charge in [0, 0.05) is 22.8 Å². The number of nitrogen functional groups attached to an aromatic ring is 1. The van der Waals surface area contributed by atoms with Crippen molar-refractivity contribution in [3.05, 3.63) is 47.7 Å². The van der Waals surface area contributed by atoms with Gasteiger partial charge in [-0.05, 0) is 22.9 Å². The van der Waals surface area contributed by atoms with Crippen LogP contribution in [0.4, 0.5) is 11.5 Å². The van der Waals surface area contributed by atoms with Crippen molar-refractivity contribution in [1.29, 1.82) is 10.5 Å². The van der Waals surface area contributed by atoms with Gasteiger partial charge in [-0.1, -0.05) is 0 Å². The summed E-state index contributed by atoms with van der Waals surface area (Å²) in [6.07, 6.45) is 0. The zero-order valence-corrected chi connectivity index (χ0v) is 13.6. The van der Waals surface area contributed by atoms with Gasteiger partial charge in [0.2, 0.25) is 0 Å². The molecule has 2 rings (SSSR count). The molecule has 0 spiro atoms. The molecule has 0 aliphatic heterocycles. The second-order valence-electron chi connectivity index (χ2n) is 4.70. The minimum Gasteiger partial charge on any atom is -0.506 e. The highest BCUT2D eigenvalue weighted by molar-refractivity contribution is 9.10. The number of aromatic hydroxyl groups is 1. The van der Waals surface area contributed by atoms with Crippen molar-refractivity contribution in [3.8, 4) is 29.0 Å². The van der Waals surface area contributed by atoms with Crippen molar-refractivity contribution in [2.75, 3.05) is 5.73 Å². The van der Waals surface area contributed by atoms with Crippen molar-refractivity contribution < 1.29 is 10.0 Å². The summed E-state index contributed by atoms with van der Waals surface area (Å²) >= 11 is 3.04. The number of pyridine rings is 1. The van der Waals surface area contributed by atoms with Crippen molar-refractivity contribution in [3.63, 3.8) is 0 Å². The second-order valence-corrected chi connectivity index (χ2v) is 5.50. The number of aromatic amines is 1. The van der Waals surface area contributed by atoms with E-state index in [-0.39, 0.29) is 38.2 Å². The van der Waals surface area contributed by atoms with Crippen molar-refractivity contribution in [2.45, 2.75) is 6.92 Å². The molecule has 1 aromatic heterocycles. The van der Waals surface area contributed by atoms with E-state index < -0.39 is 21.8 Å². The monoisotopic (exact) mass is 389 g/mol. The lowest BCUT2D eigenvalue weighted by Crippen LogP contribution is -2.16. The number of H-pyrrole nitrogens is 1. The molecule has 0 bridgehead atoms. The lowest BCUT2D eigenvalue weighted by Gasteiger charge is -2.13. The fourth-order valence-electron chi connectivity index (χ4n) is 2.21. The predicted molar refractivity (Wildman–Crippen MR) is 87.1 cm³/mol. The van der Waals surface area contributed by atoms with Gasteiger partial charge in [-0.25, -0.2) is 0 Å². The Labute approximate surface area is 142 Å². The number of hydrogen-bond donors (Lipinski definition) is 3. The van der Waals surface area contributed by atoms with Crippen LogP contribution in [0.15, 0.2) is 15.3 Å². The third-order valence-corrected chi connectivity index (χ3v) is 4.36. The third kappa shape index (κ3) is 2.45. The SMILES string of the molecule is Cc1c([N+](=O)[O-])cc(-c2c(C#N)c(N)[nH]c(=O)c2C#N)c(O)c1Br. The van der Waals surface area contributed by atoms with Gasteiger partial charge >= 0.3 is 0 Å². The molecular weight excluding hydrogens is 382 g/mol. The van der Waals surface area contributed by atoms with Crippen LogP contribution in [-0.2, 0) is 0 Å². The molecule has 9 nitrogen and oxygen atoms in total. The van der Waals surface area contributed by atoms with Crippen molar-refractivity contribution >= 4 is 27.4 Å². The first kappa shape index (κ1) is 17.0. The average Bonchev–Trinajstić information content (AvgIpc) is 2.52. The maximum absolute atomic E-state index is 11.9. The fraction of sp³-hybridized carbons (Fsp3) is 0.0714. The van der Waals surface area contributed by atoms with E-state index >= 15 is 0 Å². The first-order valence-corrected chi connectivity index (χ1v) is 7.06. The molecule has 1 heterocycles. The summed E-state index contributed by atoms with van der Waals surface area (Å²) in [6.45, 7) is 1.41. The van der Waals surface area contributed by atoms with Crippen LogP contribution in [0.2, 0.25) is 0 Å². The molecular formula is C14H8BrN5O4. The Morgan fingerprint density at radius 3 is 2.46 bits per heavy atom. The average molecular weight is 390 g/mol. The summed E-state index contributed by atoms with van der Waals surface area (Å²) in [5.41, 5.74) is 3.28. The molecule has 4 N–H and O–H groups in total. The highest BCUT2D eigenvalue weighted by Gasteiger charge is 2.26. The Bertz CT molecular complexity index is 1030. The zero-order valence-electron chi connectivity index (χ0n) is 12.0. The summed E-state index contributed by atoms with van der Waals surface area (Å²) < 4.78 is 0.0123. The lowest BCUT2D eigenvalue weighted by molar-refractivity contribution is -0.385. The molecule has 2 aromatic rings. The normalized spacial score (nSPS) is 10.0. The number of aromatic nitrogens is 1. The summed E-state index contributed by atoms with van der Waals surface area (Å²) in [6, 6.07) is 4.35. The molecule has 0 unspecified atom stereocenters. The van der Waals surface area contributed by atoms with E-state index in [2.05, 4.69) is 20.9 Å². The highest BCUT2D eigenvalue weighted by Crippen LogP contribution is 2.44. The van der Waals surface area contributed by atoms with Gasteiger partial charge in [-0.15, -0.1) is 0 Å². The number of nitrogens with zero attached hydrogens (tertiary/aromatic N) is 3. The van der Waals surface area contributed by atoms with Crippen LogP contribution in [0.1, 0.15) is 16.7 Å². The zero-order chi connectivity index (χ0) is 18.2. The number of nitro groups is 1. The van der Waals surface area contributed by atoms with Crippen LogP contribution >= 0.6 is 15.9 Å². The molecule has 0 amide bonds. The minimum atomic E-state index is -0.872. The van der Waals surface area contributed by atoms with E-state index in [1.807, 2.05) is 0 Å². The third-order valence-electron chi connectivity index (χ3n) is 3.39. The standard InChI is InChI=1S/C14H8BrN5O4/c1-5-9(20(23)24)2-6(12(21)11(5)15)10-7(3-16)13(18)19-14(22)8(10)4-17/h2,21H,1H3,(H3,18,19,22). The van der Waals surface area contributed by atoms with Crippen molar-refractivity contribution in [2.24, 2.45) is 0 Å². The van der Waals surface area contributed by atoms with E-state index in [1.165, 1.54) is 6.92 Å². The Morgan fingerprint density at radius 2 is 1.96 bits per heavy atom. The number of anilines is 1. The number of halogens is 1. The smallest absolute Gasteiger partial charge is 0.274 e. The van der Waals surface area contributed by atoms with Crippen LogP contribution in [0.3, 0.4) is 0 Å². The molecule has 0 radical (unpaired) electrons. The molecule has 0 aliphatic carbocycles. The minimum absolute atomic E-state index is 0.0123. The van der Waals surface area contributed by atoms with Gasteiger partial charge in [0.25, 0.3) is 11.2 Å². The number of nitriles is 2. The largest absolute Gasteiger partial charge is 0.506 e.